The molecule has 4 aromatic rings. The fraction of sp³-hybridized carbons (Fsp3) is 0.143. The van der Waals surface area contributed by atoms with Crippen molar-refractivity contribution in [3.8, 4) is 5.69 Å². The molecule has 0 bridgehead atoms. The lowest BCUT2D eigenvalue weighted by molar-refractivity contribution is -0.116. The summed E-state index contributed by atoms with van der Waals surface area (Å²) in [7, 11) is 3.89. The molecule has 2 heterocycles. The van der Waals surface area contributed by atoms with E-state index in [0.717, 1.165) is 11.4 Å². The van der Waals surface area contributed by atoms with Crippen molar-refractivity contribution in [2.45, 2.75) is 6.54 Å². The van der Waals surface area contributed by atoms with Gasteiger partial charge >= 0.3 is 0 Å². The van der Waals surface area contributed by atoms with Crippen molar-refractivity contribution in [1.29, 1.82) is 0 Å². The Bertz CT molecular complexity index is 1210. The number of para-hydroxylation sites is 1. The highest BCUT2D eigenvalue weighted by Crippen LogP contribution is 2.16. The van der Waals surface area contributed by atoms with Crippen LogP contribution in [0.3, 0.4) is 0 Å². The van der Waals surface area contributed by atoms with Crippen LogP contribution in [0.5, 0.6) is 0 Å². The summed E-state index contributed by atoms with van der Waals surface area (Å²) in [5.41, 5.74) is 2.65. The van der Waals surface area contributed by atoms with Crippen LogP contribution >= 0.6 is 0 Å². The Kier molecular flexibility index (Phi) is 4.82. The molecule has 0 atom stereocenters. The summed E-state index contributed by atoms with van der Waals surface area (Å²) in [6.45, 7) is -0.131. The quantitative estimate of drug-likeness (QED) is 0.567. The van der Waals surface area contributed by atoms with Gasteiger partial charge in [0.15, 0.2) is 5.65 Å². The van der Waals surface area contributed by atoms with Crippen LogP contribution in [0.15, 0.2) is 71.9 Å². The van der Waals surface area contributed by atoms with E-state index in [1.54, 1.807) is 4.68 Å². The molecule has 146 valence electrons. The number of carbonyl (C=O) groups is 1. The molecule has 1 amide bonds. The molecule has 0 unspecified atom stereocenters. The van der Waals surface area contributed by atoms with Gasteiger partial charge in [-0.15, -0.1) is 0 Å². The third kappa shape index (κ3) is 3.73. The summed E-state index contributed by atoms with van der Waals surface area (Å²) in [6.07, 6.45) is 2.85. The molecule has 0 radical (unpaired) electrons. The molecule has 0 spiro atoms. The first kappa shape index (κ1) is 18.4. The molecule has 8 heteroatoms. The van der Waals surface area contributed by atoms with Crippen molar-refractivity contribution in [2.24, 2.45) is 0 Å². The average molecular weight is 388 g/mol. The van der Waals surface area contributed by atoms with Gasteiger partial charge in [0.1, 0.15) is 18.3 Å². The zero-order valence-corrected chi connectivity index (χ0v) is 16.1. The maximum atomic E-state index is 12.8. The normalized spacial score (nSPS) is 10.8. The fourth-order valence-electron chi connectivity index (χ4n) is 3.02. The molecule has 0 saturated heterocycles. The summed E-state index contributed by atoms with van der Waals surface area (Å²) >= 11 is 0. The van der Waals surface area contributed by atoms with Crippen LogP contribution in [0.4, 0.5) is 11.4 Å². The Morgan fingerprint density at radius 2 is 1.79 bits per heavy atom. The predicted molar refractivity (Wildman–Crippen MR) is 113 cm³/mol. The van der Waals surface area contributed by atoms with Gasteiger partial charge in [0, 0.05) is 25.5 Å². The van der Waals surface area contributed by atoms with Gasteiger partial charge in [-0.3, -0.25) is 14.2 Å². The van der Waals surface area contributed by atoms with Crippen LogP contribution in [0, 0.1) is 0 Å². The molecule has 29 heavy (non-hydrogen) atoms. The Hall–Kier alpha value is -3.94. The molecule has 0 saturated carbocycles. The number of nitrogens with one attached hydrogen (secondary N) is 1. The number of aromatic nitrogens is 4. The van der Waals surface area contributed by atoms with Crippen molar-refractivity contribution < 1.29 is 4.79 Å². The molecular weight excluding hydrogens is 368 g/mol. The Balaban J connectivity index is 1.54. The lowest BCUT2D eigenvalue weighted by Gasteiger charge is -2.13. The first-order valence-electron chi connectivity index (χ1n) is 9.09. The highest BCUT2D eigenvalue weighted by atomic mass is 16.2. The van der Waals surface area contributed by atoms with E-state index >= 15 is 0 Å². The van der Waals surface area contributed by atoms with Crippen molar-refractivity contribution in [1.82, 2.24) is 19.3 Å². The van der Waals surface area contributed by atoms with Crippen LogP contribution in [-0.2, 0) is 11.3 Å². The first-order valence-corrected chi connectivity index (χ1v) is 9.09. The van der Waals surface area contributed by atoms with E-state index in [9.17, 15) is 9.59 Å². The van der Waals surface area contributed by atoms with Crippen LogP contribution in [0.25, 0.3) is 16.7 Å². The Labute approximate surface area is 167 Å². The lowest BCUT2D eigenvalue weighted by Crippen LogP contribution is -2.27. The number of hydrogen-bond donors (Lipinski definition) is 1. The molecular formula is C21H20N6O2. The summed E-state index contributed by atoms with van der Waals surface area (Å²) in [5.74, 6) is -0.304. The van der Waals surface area contributed by atoms with E-state index in [1.807, 2.05) is 73.6 Å². The van der Waals surface area contributed by atoms with E-state index in [1.165, 1.54) is 17.1 Å². The minimum absolute atomic E-state index is 0.131. The largest absolute Gasteiger partial charge is 0.378 e. The minimum atomic E-state index is -0.310. The zero-order chi connectivity index (χ0) is 20.4. The number of carbonyl (C=O) groups excluding carboxylic acids is 1. The molecule has 0 aliphatic heterocycles. The number of fused-ring (bicyclic) bond motifs is 1. The van der Waals surface area contributed by atoms with Gasteiger partial charge in [0.05, 0.1) is 11.9 Å². The van der Waals surface area contributed by atoms with E-state index < -0.39 is 0 Å². The molecule has 8 nitrogen and oxygen atoms in total. The van der Waals surface area contributed by atoms with Crippen LogP contribution in [-0.4, -0.2) is 39.3 Å². The first-order chi connectivity index (χ1) is 14.0. The molecule has 0 aliphatic rings. The smallest absolute Gasteiger partial charge is 0.264 e. The van der Waals surface area contributed by atoms with Gasteiger partial charge in [-0.05, 0) is 36.4 Å². The number of amides is 1. The number of nitrogens with zero attached hydrogens (tertiary/aromatic N) is 5. The van der Waals surface area contributed by atoms with Crippen LogP contribution < -0.4 is 15.8 Å². The SMILES string of the molecule is CN(C)c1ccc(NC(=O)Cn2cnc3c(cnn3-c3ccccc3)c2=O)cc1. The van der Waals surface area contributed by atoms with Gasteiger partial charge in [0.25, 0.3) is 5.56 Å². The minimum Gasteiger partial charge on any atom is -0.378 e. The highest BCUT2D eigenvalue weighted by Gasteiger charge is 2.13. The second kappa shape index (κ2) is 7.59. The lowest BCUT2D eigenvalue weighted by atomic mass is 10.2. The molecule has 4 rings (SSSR count). The van der Waals surface area contributed by atoms with E-state index in [0.29, 0.717) is 16.7 Å². The van der Waals surface area contributed by atoms with E-state index in [4.69, 9.17) is 0 Å². The summed E-state index contributed by atoms with van der Waals surface area (Å²) < 4.78 is 2.89. The van der Waals surface area contributed by atoms with Crippen molar-refractivity contribution in [3.63, 3.8) is 0 Å². The molecule has 2 aromatic heterocycles. The standard InChI is InChI=1S/C21H20N6O2/c1-25(2)16-10-8-15(9-11-16)24-19(28)13-26-14-22-20-18(21(26)29)12-23-27(20)17-6-4-3-5-7-17/h3-12,14H,13H2,1-2H3,(H,24,28). The molecule has 2 aromatic carbocycles. The maximum absolute atomic E-state index is 12.8. The third-order valence-electron chi connectivity index (χ3n) is 4.54. The fourth-order valence-corrected chi connectivity index (χ4v) is 3.02. The van der Waals surface area contributed by atoms with Crippen molar-refractivity contribution in [3.05, 3.63) is 77.5 Å². The van der Waals surface area contributed by atoms with Crippen LogP contribution in [0.2, 0.25) is 0 Å². The number of hydrogen-bond acceptors (Lipinski definition) is 5. The van der Waals surface area contributed by atoms with Gasteiger partial charge in [0.2, 0.25) is 5.91 Å². The molecule has 1 N–H and O–H groups in total. The number of anilines is 2. The molecule has 0 fully saturated rings. The van der Waals surface area contributed by atoms with Gasteiger partial charge < -0.3 is 10.2 Å². The average Bonchev–Trinajstić information content (AvgIpc) is 3.16. The van der Waals surface area contributed by atoms with E-state index in [-0.39, 0.29) is 18.0 Å². The second-order valence-electron chi connectivity index (χ2n) is 6.80. The third-order valence-corrected chi connectivity index (χ3v) is 4.54. The molecule has 0 aliphatic carbocycles. The number of rotatable bonds is 5. The topological polar surface area (TPSA) is 85.1 Å². The predicted octanol–water partition coefficient (Wildman–Crippen LogP) is 2.29. The highest BCUT2D eigenvalue weighted by molar-refractivity contribution is 5.91. The van der Waals surface area contributed by atoms with Gasteiger partial charge in [-0.1, -0.05) is 18.2 Å². The van der Waals surface area contributed by atoms with Crippen LogP contribution in [0.1, 0.15) is 0 Å². The Morgan fingerprint density at radius 3 is 2.48 bits per heavy atom. The summed E-state index contributed by atoms with van der Waals surface area (Å²) in [4.78, 5) is 31.5. The second-order valence-corrected chi connectivity index (χ2v) is 6.80. The zero-order valence-electron chi connectivity index (χ0n) is 16.1. The monoisotopic (exact) mass is 388 g/mol. The summed E-state index contributed by atoms with van der Waals surface area (Å²) in [6, 6.07) is 16.9. The summed E-state index contributed by atoms with van der Waals surface area (Å²) in [5, 5.41) is 7.43. The van der Waals surface area contributed by atoms with E-state index in [2.05, 4.69) is 15.4 Å². The van der Waals surface area contributed by atoms with Gasteiger partial charge in [-0.2, -0.15) is 5.10 Å². The van der Waals surface area contributed by atoms with Gasteiger partial charge in [-0.25, -0.2) is 9.67 Å². The number of benzene rings is 2. The van der Waals surface area contributed by atoms with Crippen molar-refractivity contribution in [2.75, 3.05) is 24.3 Å². The maximum Gasteiger partial charge on any atom is 0.264 e. The van der Waals surface area contributed by atoms with Crippen molar-refractivity contribution >= 4 is 28.3 Å². The Morgan fingerprint density at radius 1 is 1.07 bits per heavy atom.